The first-order valence-electron chi connectivity index (χ1n) is 17.3. The Bertz CT molecular complexity index is 2130. The second-order valence-electron chi connectivity index (χ2n) is 14.4. The number of benzene rings is 3. The predicted octanol–water partition coefficient (Wildman–Crippen LogP) is 5.82. The van der Waals surface area contributed by atoms with Gasteiger partial charge in [-0.05, 0) is 57.4 Å². The molecule has 0 saturated carbocycles. The fourth-order valence-electron chi connectivity index (χ4n) is 7.14. The molecule has 0 N–H and O–H groups in total. The summed E-state index contributed by atoms with van der Waals surface area (Å²) < 4.78 is 65.6. The Morgan fingerprint density at radius 2 is 1.74 bits per heavy atom. The van der Waals surface area contributed by atoms with Crippen molar-refractivity contribution in [1.29, 1.82) is 0 Å². The number of aryl methyl sites for hydroxylation is 1. The summed E-state index contributed by atoms with van der Waals surface area (Å²) in [5.74, 6) is -0.0635. The van der Waals surface area contributed by atoms with Crippen LogP contribution in [0.1, 0.15) is 73.2 Å². The number of amides is 2. The van der Waals surface area contributed by atoms with Gasteiger partial charge in [-0.3, -0.25) is 14.5 Å². The van der Waals surface area contributed by atoms with E-state index in [2.05, 4.69) is 6.58 Å². The molecule has 0 aliphatic carbocycles. The summed E-state index contributed by atoms with van der Waals surface area (Å²) in [4.78, 5) is 44.3. The van der Waals surface area contributed by atoms with Crippen molar-refractivity contribution >= 4 is 28.1 Å². The van der Waals surface area contributed by atoms with Crippen molar-refractivity contribution in [3.63, 3.8) is 0 Å². The van der Waals surface area contributed by atoms with Gasteiger partial charge in [0.1, 0.15) is 36.6 Å². The highest BCUT2D eigenvalue weighted by atomic mass is 32.2. The Balaban J connectivity index is 1.56. The molecule has 2 amide bonds. The Morgan fingerprint density at radius 1 is 1.06 bits per heavy atom. The van der Waals surface area contributed by atoms with Crippen molar-refractivity contribution < 1.29 is 55.4 Å². The van der Waals surface area contributed by atoms with Crippen molar-refractivity contribution in [1.82, 2.24) is 9.80 Å². The number of nitrogens with zero attached hydrogens (tertiary/aromatic N) is 2. The van der Waals surface area contributed by atoms with Crippen molar-refractivity contribution in [2.75, 3.05) is 26.8 Å². The molecule has 3 aromatic rings. The maximum Gasteiger partial charge on any atom is 0.411 e. The minimum Gasteiger partial charge on any atom is -0.493 e. The number of rotatable bonds is 10. The zero-order valence-corrected chi connectivity index (χ0v) is 32.3. The molecule has 0 unspecified atom stereocenters. The largest absolute Gasteiger partial charge is 0.493 e. The molecule has 0 radical (unpaired) electrons. The summed E-state index contributed by atoms with van der Waals surface area (Å²) in [6.07, 6.45) is 0.216. The summed E-state index contributed by atoms with van der Waals surface area (Å²) in [5.41, 5.74) is 2.71. The first-order chi connectivity index (χ1) is 25.4. The Kier molecular flexibility index (Phi) is 10.2. The normalized spacial score (nSPS) is 18.1. The van der Waals surface area contributed by atoms with E-state index in [1.165, 1.54) is 29.9 Å². The second kappa shape index (κ2) is 14.4. The first-order valence-corrected chi connectivity index (χ1v) is 19.1. The number of esters is 1. The lowest BCUT2D eigenvalue weighted by atomic mass is 9.80. The number of piperazine rings is 1. The van der Waals surface area contributed by atoms with E-state index in [0.717, 1.165) is 22.9 Å². The van der Waals surface area contributed by atoms with Gasteiger partial charge in [0.05, 0.1) is 19.4 Å². The quantitative estimate of drug-likeness (QED) is 0.180. The van der Waals surface area contributed by atoms with Gasteiger partial charge in [-0.1, -0.05) is 43.0 Å². The Morgan fingerprint density at radius 3 is 2.37 bits per heavy atom. The number of carbonyl (C=O) groups is 3. The maximum absolute atomic E-state index is 15.0. The molecule has 1 saturated heterocycles. The van der Waals surface area contributed by atoms with Gasteiger partial charge in [0.15, 0.2) is 23.0 Å². The van der Waals surface area contributed by atoms with Crippen LogP contribution in [-0.2, 0) is 42.2 Å². The summed E-state index contributed by atoms with van der Waals surface area (Å²) in [6.45, 7) is 13.9. The highest BCUT2D eigenvalue weighted by Crippen LogP contribution is 2.54. The lowest BCUT2D eigenvalue weighted by molar-refractivity contribution is -0.151. The average molecular weight is 765 g/mol. The van der Waals surface area contributed by atoms with E-state index in [1.54, 1.807) is 27.7 Å². The van der Waals surface area contributed by atoms with Gasteiger partial charge in [0, 0.05) is 35.7 Å². The lowest BCUT2D eigenvalue weighted by Gasteiger charge is -2.52. The molecule has 0 aromatic heterocycles. The molecule has 54 heavy (non-hydrogen) atoms. The topological polar surface area (TPSA) is 156 Å². The molecule has 3 heterocycles. The van der Waals surface area contributed by atoms with Crippen LogP contribution in [0.2, 0.25) is 0 Å². The van der Waals surface area contributed by atoms with Crippen LogP contribution in [0.5, 0.6) is 28.7 Å². The first kappa shape index (κ1) is 38.3. The molecule has 3 atom stereocenters. The van der Waals surface area contributed by atoms with E-state index in [0.29, 0.717) is 22.6 Å². The van der Waals surface area contributed by atoms with E-state index in [9.17, 15) is 18.0 Å². The summed E-state index contributed by atoms with van der Waals surface area (Å²) in [6, 6.07) is 9.56. The Labute approximate surface area is 314 Å². The van der Waals surface area contributed by atoms with Crippen LogP contribution in [-0.4, -0.2) is 74.6 Å². The van der Waals surface area contributed by atoms with E-state index in [1.807, 2.05) is 43.3 Å². The van der Waals surface area contributed by atoms with Gasteiger partial charge in [-0.15, -0.1) is 0 Å². The minimum atomic E-state index is -4.01. The molecule has 2 bridgehead atoms. The van der Waals surface area contributed by atoms with Crippen molar-refractivity contribution in [3.8, 4) is 28.7 Å². The Hall–Kier alpha value is -5.44. The molecular weight excluding hydrogens is 720 g/mol. The van der Waals surface area contributed by atoms with Gasteiger partial charge in [0.2, 0.25) is 6.79 Å². The van der Waals surface area contributed by atoms with Crippen LogP contribution in [0, 0.1) is 13.8 Å². The fourth-order valence-corrected chi connectivity index (χ4v) is 7.64. The second-order valence-corrected chi connectivity index (χ2v) is 15.9. The van der Waals surface area contributed by atoms with Crippen molar-refractivity contribution in [2.24, 2.45) is 0 Å². The summed E-state index contributed by atoms with van der Waals surface area (Å²) >= 11 is 0. The number of carbonyl (C=O) groups excluding carboxylic acids is 3. The number of fused-ring (bicyclic) bond motifs is 5. The summed E-state index contributed by atoms with van der Waals surface area (Å²) in [7, 11) is -2.49. The molecular formula is C39H44N2O12S. The molecule has 15 heteroatoms. The molecule has 1 fully saturated rings. The maximum atomic E-state index is 15.0. The third-order valence-corrected chi connectivity index (χ3v) is 9.74. The standard InChI is InChI=1S/C39H44N2O12S/c1-21-15-26-16-28-37(43)40(29(19-48-24(4)42)27-17-30(53-54(9,45)46)22(2)34-35(27)51-20-50-34)23(3)32(41(28)38(44)52-39(5,6)7)31(26)36(33(21)47-8)49-18-25-13-11-10-12-14-25/h10-15,17,28-29,32H,3,16,18-20H2,1-2,4-9H3/t28-,29+,32-/m1/s1. The van der Waals surface area contributed by atoms with Crippen LogP contribution in [0.15, 0.2) is 54.7 Å². The van der Waals surface area contributed by atoms with E-state index in [-0.39, 0.29) is 48.3 Å². The molecule has 3 aromatic carbocycles. The molecule has 3 aliphatic rings. The third-order valence-electron chi connectivity index (χ3n) is 9.26. The zero-order valence-electron chi connectivity index (χ0n) is 31.5. The minimum absolute atomic E-state index is 0.0640. The highest BCUT2D eigenvalue weighted by molar-refractivity contribution is 7.86. The zero-order chi connectivity index (χ0) is 39.3. The monoisotopic (exact) mass is 764 g/mol. The van der Waals surface area contributed by atoms with Crippen molar-refractivity contribution in [3.05, 3.63) is 88.1 Å². The van der Waals surface area contributed by atoms with Crippen LogP contribution in [0.25, 0.3) is 0 Å². The van der Waals surface area contributed by atoms with Crippen LogP contribution < -0.4 is 23.1 Å². The summed E-state index contributed by atoms with van der Waals surface area (Å²) in [5, 5.41) is 0. The predicted molar refractivity (Wildman–Crippen MR) is 195 cm³/mol. The fraction of sp³-hybridized carbons (Fsp3) is 0.410. The van der Waals surface area contributed by atoms with Crippen LogP contribution in [0.3, 0.4) is 0 Å². The lowest BCUT2D eigenvalue weighted by Crippen LogP contribution is -2.62. The highest BCUT2D eigenvalue weighted by Gasteiger charge is 2.55. The van der Waals surface area contributed by atoms with E-state index < -0.39 is 58.4 Å². The van der Waals surface area contributed by atoms with E-state index in [4.69, 9.17) is 32.6 Å². The molecule has 288 valence electrons. The number of hydrogen-bond donors (Lipinski definition) is 0. The van der Waals surface area contributed by atoms with Gasteiger partial charge < -0.3 is 37.5 Å². The average Bonchev–Trinajstić information content (AvgIpc) is 3.58. The van der Waals surface area contributed by atoms with Gasteiger partial charge in [-0.25, -0.2) is 4.79 Å². The van der Waals surface area contributed by atoms with Gasteiger partial charge in [-0.2, -0.15) is 8.42 Å². The van der Waals surface area contributed by atoms with Gasteiger partial charge in [0.25, 0.3) is 5.91 Å². The molecule has 3 aliphatic heterocycles. The van der Waals surface area contributed by atoms with Crippen LogP contribution in [0.4, 0.5) is 4.79 Å². The smallest absolute Gasteiger partial charge is 0.411 e. The van der Waals surface area contributed by atoms with Crippen LogP contribution >= 0.6 is 0 Å². The van der Waals surface area contributed by atoms with Crippen molar-refractivity contribution in [2.45, 2.75) is 78.3 Å². The van der Waals surface area contributed by atoms with E-state index >= 15 is 4.79 Å². The SMILES string of the molecule is C=C1[C@@H]2c3c(cc(C)c(OC)c3OCc3ccccc3)C[C@H](C(=O)N1[C@@H](COC(C)=O)c1cc(OS(C)(=O)=O)c(C)c3c1OCO3)N2C(=O)OC(C)(C)C. The molecule has 6 rings (SSSR count). The molecule has 14 nitrogen and oxygen atoms in total. The third kappa shape index (κ3) is 7.36. The number of methoxy groups -OCH3 is 1. The van der Waals surface area contributed by atoms with Gasteiger partial charge >= 0.3 is 22.2 Å². The molecule has 0 spiro atoms. The number of hydrogen-bond acceptors (Lipinski definition) is 12. The number of ether oxygens (including phenoxy) is 6.